The number of hydrogen-bond donors (Lipinski definition) is 0. The Morgan fingerprint density at radius 3 is 1.52 bits per heavy atom. The van der Waals surface area contributed by atoms with Crippen LogP contribution in [0.4, 0.5) is 0 Å². The average molecular weight is 418 g/mol. The molecule has 1 radical (unpaired) electrons. The predicted molar refractivity (Wildman–Crippen MR) is 97.2 cm³/mol. The molecule has 0 saturated carbocycles. The van der Waals surface area contributed by atoms with E-state index in [4.69, 9.17) is 33.1 Å². The molecule has 1 aliphatic rings. The van der Waals surface area contributed by atoms with E-state index < -0.39 is 0 Å². The molecule has 149 valence electrons. The van der Waals surface area contributed by atoms with Crippen LogP contribution in [0.25, 0.3) is 0 Å². The van der Waals surface area contributed by atoms with E-state index in [-0.39, 0.29) is 28.0 Å². The van der Waals surface area contributed by atoms with Crippen molar-refractivity contribution < 1.29 is 37.5 Å². The van der Waals surface area contributed by atoms with Crippen molar-refractivity contribution in [3.05, 3.63) is 42.7 Å². The fourth-order valence-electron chi connectivity index (χ4n) is 1.88. The normalized spacial score (nSPS) is 13.9. The van der Waals surface area contributed by atoms with E-state index in [0.717, 1.165) is 22.8 Å². The number of fused-ring (bicyclic) bond motifs is 2. The first-order chi connectivity index (χ1) is 11.8. The molecule has 1 aliphatic heterocycles. The average Bonchev–Trinajstić information content (AvgIpc) is 2.66. The molecule has 10 heteroatoms. The summed E-state index contributed by atoms with van der Waals surface area (Å²) in [6.07, 6.45) is 0. The first-order valence-electron chi connectivity index (χ1n) is 7.37. The summed E-state index contributed by atoms with van der Waals surface area (Å²) in [5.41, 5.74) is 3.63. The van der Waals surface area contributed by atoms with E-state index in [1.165, 1.54) is 0 Å². The summed E-state index contributed by atoms with van der Waals surface area (Å²) in [5, 5.41) is 12.5. The van der Waals surface area contributed by atoms with Crippen LogP contribution in [0.1, 0.15) is 25.2 Å². The van der Waals surface area contributed by atoms with Crippen LogP contribution in [0.15, 0.2) is 28.2 Å². The third-order valence-electron chi connectivity index (χ3n) is 3.03. The molecule has 1 aromatic rings. The third-order valence-corrected chi connectivity index (χ3v) is 3.03. The molecule has 2 rings (SSSR count). The minimum Gasteiger partial charge on any atom is -0.512 e. The van der Waals surface area contributed by atoms with Gasteiger partial charge in [0.1, 0.15) is 0 Å². The fourth-order valence-corrected chi connectivity index (χ4v) is 1.88. The Balaban J connectivity index is -0.000000354. The van der Waals surface area contributed by atoms with E-state index in [9.17, 15) is 0 Å². The molecule has 27 heavy (non-hydrogen) atoms. The van der Waals surface area contributed by atoms with Crippen LogP contribution in [-0.2, 0) is 26.5 Å². The van der Waals surface area contributed by atoms with Gasteiger partial charge in [-0.3, -0.25) is 9.98 Å². The van der Waals surface area contributed by atoms with Gasteiger partial charge in [0.05, 0.1) is 62.3 Å². The van der Waals surface area contributed by atoms with Gasteiger partial charge in [-0.05, 0) is 26.0 Å². The Hall–Kier alpha value is -2.17. The van der Waals surface area contributed by atoms with Crippen molar-refractivity contribution in [2.24, 2.45) is 9.98 Å². The summed E-state index contributed by atoms with van der Waals surface area (Å²) in [7, 11) is 0. The van der Waals surface area contributed by atoms with Crippen LogP contribution in [0.2, 0.25) is 0 Å². The van der Waals surface area contributed by atoms with Crippen molar-refractivity contribution in [2.75, 3.05) is 39.5 Å². The molecule has 1 aromatic heterocycles. The molecule has 4 N–H and O–H groups in total. The topological polar surface area (TPSA) is 167 Å². The van der Waals surface area contributed by atoms with Gasteiger partial charge < -0.3 is 44.1 Å². The molecule has 9 nitrogen and oxygen atoms in total. The van der Waals surface area contributed by atoms with Crippen LogP contribution in [0, 0.1) is 23.7 Å². The van der Waals surface area contributed by atoms with Gasteiger partial charge in [-0.2, -0.15) is 0 Å². The number of nitrogens with zero attached hydrogens (tertiary/aromatic N) is 5. The molecule has 0 amide bonds. The zero-order chi connectivity index (χ0) is 18.2. The van der Waals surface area contributed by atoms with E-state index >= 15 is 0 Å². The maximum absolute atomic E-state index is 6.25. The van der Waals surface area contributed by atoms with Crippen LogP contribution < -0.4 is 0 Å². The van der Waals surface area contributed by atoms with Gasteiger partial charge in [0.15, 0.2) is 0 Å². The minimum atomic E-state index is 0. The van der Waals surface area contributed by atoms with Gasteiger partial charge in [0.25, 0.3) is 0 Å². The second kappa shape index (κ2) is 21.9. The van der Waals surface area contributed by atoms with Gasteiger partial charge in [-0.25, -0.2) is 4.98 Å². The summed E-state index contributed by atoms with van der Waals surface area (Å²) in [4.78, 5) is 13.6. The number of aromatic nitrogens is 1. The first kappa shape index (κ1) is 32.5. The SMILES string of the molecule is CC1=NCCOCCOCCN=C(C)c2cccc1n2.O.O.[C-]#N.[C-]#N.[Mn+2]. The van der Waals surface area contributed by atoms with Crippen LogP contribution in [0.3, 0.4) is 0 Å². The molecule has 0 fully saturated rings. The molecule has 0 aromatic carbocycles. The smallest absolute Gasteiger partial charge is 0.512 e. The van der Waals surface area contributed by atoms with Gasteiger partial charge in [-0.1, -0.05) is 6.07 Å². The molecular weight excluding hydrogens is 393 g/mol. The Morgan fingerprint density at radius 1 is 0.778 bits per heavy atom. The number of aliphatic imine (C=N–C) groups is 2. The predicted octanol–water partition coefficient (Wildman–Crippen LogP) is 0.287. The molecule has 0 unspecified atom stereocenters. The summed E-state index contributed by atoms with van der Waals surface area (Å²) in [6.45, 7) is 17.1. The van der Waals surface area contributed by atoms with Gasteiger partial charge in [-0.15, -0.1) is 0 Å². The zero-order valence-electron chi connectivity index (χ0n) is 15.4. The molecule has 0 atom stereocenters. The van der Waals surface area contributed by atoms with Crippen LogP contribution >= 0.6 is 0 Å². The van der Waals surface area contributed by atoms with E-state index in [2.05, 4.69) is 15.0 Å². The van der Waals surface area contributed by atoms with Crippen LogP contribution in [-0.4, -0.2) is 66.9 Å². The maximum atomic E-state index is 6.25. The molecule has 0 spiro atoms. The molecule has 2 heterocycles. The first-order valence-corrected chi connectivity index (χ1v) is 7.37. The molecule has 0 aliphatic carbocycles. The zero-order valence-corrected chi connectivity index (χ0v) is 16.6. The summed E-state index contributed by atoms with van der Waals surface area (Å²) in [5.74, 6) is 0. The van der Waals surface area contributed by atoms with E-state index in [1.807, 2.05) is 32.0 Å². The van der Waals surface area contributed by atoms with Crippen molar-refractivity contribution in [1.29, 1.82) is 10.5 Å². The standard InChI is InChI=1S/C15H21N3O2.2CN.Mn.2H2O/c1-12-14-4-3-5-15(18-14)13(2)17-7-9-20-11-10-19-8-6-16-12;2*1-2;;;/h3-5H,6-11H2,1-2H3;;;;2*1H2/q;2*-1;+2;;. The van der Waals surface area contributed by atoms with Crippen LogP contribution in [0.5, 0.6) is 0 Å². The molecular formula is C17H25MnN5O4. The van der Waals surface area contributed by atoms with Crippen molar-refractivity contribution in [3.63, 3.8) is 0 Å². The summed E-state index contributed by atoms with van der Waals surface area (Å²) < 4.78 is 10.9. The fraction of sp³-hybridized carbons (Fsp3) is 0.471. The van der Waals surface area contributed by atoms with Crippen molar-refractivity contribution in [3.8, 4) is 0 Å². The second-order valence-electron chi connectivity index (χ2n) is 4.57. The third kappa shape index (κ3) is 13.7. The molecule has 0 saturated heterocycles. The number of pyridine rings is 1. The van der Waals surface area contributed by atoms with Gasteiger partial charge in [0, 0.05) is 0 Å². The maximum Gasteiger partial charge on any atom is 2.00 e. The van der Waals surface area contributed by atoms with Gasteiger partial charge >= 0.3 is 17.1 Å². The second-order valence-corrected chi connectivity index (χ2v) is 4.57. The van der Waals surface area contributed by atoms with Crippen molar-refractivity contribution >= 4 is 11.4 Å². The summed E-state index contributed by atoms with van der Waals surface area (Å²) >= 11 is 0. The Labute approximate surface area is 170 Å². The summed E-state index contributed by atoms with van der Waals surface area (Å²) in [6, 6.07) is 5.93. The Bertz CT molecular complexity index is 544. The Kier molecular flexibility index (Phi) is 26.3. The monoisotopic (exact) mass is 418 g/mol. The minimum absolute atomic E-state index is 0. The largest absolute Gasteiger partial charge is 2.00 e. The number of rotatable bonds is 0. The van der Waals surface area contributed by atoms with Gasteiger partial charge in [0.2, 0.25) is 0 Å². The quantitative estimate of drug-likeness (QED) is 0.435. The number of hydrogen-bond acceptors (Lipinski definition) is 7. The molecule has 2 bridgehead atoms. The number of ether oxygens (including phenoxy) is 2. The van der Waals surface area contributed by atoms with Crippen molar-refractivity contribution in [2.45, 2.75) is 13.8 Å². The van der Waals surface area contributed by atoms with Crippen molar-refractivity contribution in [1.82, 2.24) is 4.98 Å². The van der Waals surface area contributed by atoms with E-state index in [1.54, 1.807) is 0 Å². The Morgan fingerprint density at radius 2 is 1.15 bits per heavy atom. The van der Waals surface area contributed by atoms with E-state index in [0.29, 0.717) is 39.5 Å².